The number of morpholine rings is 1. The van der Waals surface area contributed by atoms with E-state index in [0.29, 0.717) is 63.4 Å². The highest BCUT2D eigenvalue weighted by atomic mass is 16.6. The van der Waals surface area contributed by atoms with Gasteiger partial charge in [-0.25, -0.2) is 9.97 Å². The molecule has 1 aromatic heterocycles. The molecule has 1 saturated heterocycles. The number of anilines is 1. The fourth-order valence-corrected chi connectivity index (χ4v) is 4.82. The molecular weight excluding hydrogens is 474 g/mol. The van der Waals surface area contributed by atoms with Gasteiger partial charge in [-0.15, -0.1) is 0 Å². The van der Waals surface area contributed by atoms with Crippen molar-refractivity contribution in [3.8, 4) is 5.75 Å². The van der Waals surface area contributed by atoms with Crippen molar-refractivity contribution in [1.29, 1.82) is 0 Å². The number of nitrogens with zero attached hydrogens (tertiary/aromatic N) is 5. The van der Waals surface area contributed by atoms with Gasteiger partial charge in [-0.1, -0.05) is 18.2 Å². The lowest BCUT2D eigenvalue weighted by Crippen LogP contribution is -2.41. The Balaban J connectivity index is 1.46. The second-order valence-electron chi connectivity index (χ2n) is 9.25. The summed E-state index contributed by atoms with van der Waals surface area (Å²) >= 11 is 0. The first kappa shape index (κ1) is 24.6. The van der Waals surface area contributed by atoms with E-state index in [1.807, 2.05) is 24.3 Å². The van der Waals surface area contributed by atoms with E-state index in [9.17, 15) is 14.9 Å². The minimum absolute atomic E-state index is 0.0530. The zero-order valence-corrected chi connectivity index (χ0v) is 21.0. The van der Waals surface area contributed by atoms with Crippen LogP contribution < -0.4 is 9.64 Å². The molecule has 10 heteroatoms. The molecule has 1 amide bonds. The number of amides is 1. The monoisotopic (exact) mass is 503 g/mol. The molecule has 3 aromatic rings. The van der Waals surface area contributed by atoms with E-state index in [0.717, 1.165) is 34.2 Å². The summed E-state index contributed by atoms with van der Waals surface area (Å²) in [6.45, 7) is 5.13. The van der Waals surface area contributed by atoms with Crippen LogP contribution >= 0.6 is 0 Å². The quantitative estimate of drug-likeness (QED) is 0.372. The van der Waals surface area contributed by atoms with Gasteiger partial charge in [0.1, 0.15) is 17.4 Å². The van der Waals surface area contributed by atoms with Crippen molar-refractivity contribution in [2.45, 2.75) is 26.3 Å². The van der Waals surface area contributed by atoms with E-state index in [1.165, 1.54) is 6.07 Å². The van der Waals surface area contributed by atoms with Crippen LogP contribution in [0, 0.1) is 17.0 Å². The Hall–Kier alpha value is -4.05. The number of ether oxygens (including phenoxy) is 2. The summed E-state index contributed by atoms with van der Waals surface area (Å²) in [5.41, 5.74) is 3.70. The van der Waals surface area contributed by atoms with Gasteiger partial charge in [-0.05, 0) is 30.7 Å². The molecule has 3 heterocycles. The number of carbonyl (C=O) groups excluding carboxylic acids is 1. The fourth-order valence-electron chi connectivity index (χ4n) is 4.82. The van der Waals surface area contributed by atoms with Gasteiger partial charge in [0.15, 0.2) is 0 Å². The second kappa shape index (κ2) is 10.5. The third-order valence-corrected chi connectivity index (χ3v) is 6.83. The molecule has 2 aliphatic heterocycles. The Morgan fingerprint density at radius 1 is 1.14 bits per heavy atom. The lowest BCUT2D eigenvalue weighted by molar-refractivity contribution is -0.385. The standard InChI is InChI=1S/C27H29N5O5/c1-18-6-7-20(16-24(18)32(34)35)27(33)31-9-8-23-22(17-31)26(30-10-12-37-13-11-30)29-25(28-23)15-19-4-3-5-21(14-19)36-2/h3-7,14,16H,8-13,15,17H2,1-2H3. The predicted molar refractivity (Wildman–Crippen MR) is 137 cm³/mol. The molecular formula is C27H29N5O5. The van der Waals surface area contributed by atoms with Crippen molar-refractivity contribution in [2.24, 2.45) is 0 Å². The zero-order chi connectivity index (χ0) is 25.9. The topological polar surface area (TPSA) is 111 Å². The van der Waals surface area contributed by atoms with E-state index in [-0.39, 0.29) is 11.6 Å². The van der Waals surface area contributed by atoms with Crippen molar-refractivity contribution in [1.82, 2.24) is 14.9 Å². The smallest absolute Gasteiger partial charge is 0.273 e. The molecule has 5 rings (SSSR count). The number of rotatable bonds is 6. The van der Waals surface area contributed by atoms with Crippen molar-refractivity contribution in [3.63, 3.8) is 0 Å². The Kier molecular flexibility index (Phi) is 7.00. The molecule has 0 unspecified atom stereocenters. The molecule has 0 radical (unpaired) electrons. The van der Waals surface area contributed by atoms with Gasteiger partial charge in [0.2, 0.25) is 0 Å². The van der Waals surface area contributed by atoms with Gasteiger partial charge >= 0.3 is 0 Å². The maximum Gasteiger partial charge on any atom is 0.273 e. The molecule has 10 nitrogen and oxygen atoms in total. The van der Waals surface area contributed by atoms with Crippen molar-refractivity contribution < 1.29 is 19.2 Å². The van der Waals surface area contributed by atoms with Crippen LogP contribution in [0.2, 0.25) is 0 Å². The number of aromatic nitrogens is 2. The predicted octanol–water partition coefficient (Wildman–Crippen LogP) is 3.33. The van der Waals surface area contributed by atoms with Crippen LogP contribution in [-0.2, 0) is 24.1 Å². The van der Waals surface area contributed by atoms with Gasteiger partial charge < -0.3 is 19.3 Å². The number of methoxy groups -OCH3 is 1. The average Bonchev–Trinajstić information content (AvgIpc) is 2.92. The third kappa shape index (κ3) is 5.24. The minimum atomic E-state index is -0.453. The highest BCUT2D eigenvalue weighted by molar-refractivity contribution is 5.95. The van der Waals surface area contributed by atoms with Crippen LogP contribution in [0.25, 0.3) is 0 Å². The van der Waals surface area contributed by atoms with Crippen LogP contribution in [0.15, 0.2) is 42.5 Å². The van der Waals surface area contributed by atoms with E-state index >= 15 is 0 Å². The van der Waals surface area contributed by atoms with Gasteiger partial charge in [-0.2, -0.15) is 0 Å². The average molecular weight is 504 g/mol. The van der Waals surface area contributed by atoms with Gasteiger partial charge in [-0.3, -0.25) is 14.9 Å². The molecule has 0 atom stereocenters. The molecule has 192 valence electrons. The number of hydrogen-bond donors (Lipinski definition) is 0. The van der Waals surface area contributed by atoms with Crippen LogP contribution in [-0.4, -0.2) is 65.7 Å². The number of benzene rings is 2. The van der Waals surface area contributed by atoms with E-state index in [4.69, 9.17) is 19.4 Å². The van der Waals surface area contributed by atoms with E-state index in [2.05, 4.69) is 4.90 Å². The Labute approximate surface area is 215 Å². The first-order valence-electron chi connectivity index (χ1n) is 12.3. The second-order valence-corrected chi connectivity index (χ2v) is 9.25. The number of nitro groups is 1. The molecule has 0 N–H and O–H groups in total. The Morgan fingerprint density at radius 3 is 2.70 bits per heavy atom. The molecule has 0 aliphatic carbocycles. The largest absolute Gasteiger partial charge is 0.497 e. The summed E-state index contributed by atoms with van der Waals surface area (Å²) in [4.78, 5) is 38.1. The van der Waals surface area contributed by atoms with Crippen LogP contribution in [0.4, 0.5) is 11.5 Å². The molecule has 0 saturated carbocycles. The molecule has 2 aliphatic rings. The van der Waals surface area contributed by atoms with Crippen LogP contribution in [0.1, 0.15) is 38.6 Å². The minimum Gasteiger partial charge on any atom is -0.497 e. The molecule has 2 aromatic carbocycles. The Morgan fingerprint density at radius 2 is 1.95 bits per heavy atom. The highest BCUT2D eigenvalue weighted by Gasteiger charge is 2.29. The lowest BCUT2D eigenvalue weighted by atomic mass is 10.0. The summed E-state index contributed by atoms with van der Waals surface area (Å²) in [6, 6.07) is 12.5. The summed E-state index contributed by atoms with van der Waals surface area (Å²) in [5, 5.41) is 11.4. The maximum atomic E-state index is 13.4. The fraction of sp³-hybridized carbons (Fsp3) is 0.370. The molecule has 0 spiro atoms. The SMILES string of the molecule is COc1cccc(Cc2nc3c(c(N4CCOCC4)n2)CN(C(=O)c2ccc(C)c([N+](=O)[O-])c2)CC3)c1. The molecule has 37 heavy (non-hydrogen) atoms. The van der Waals surface area contributed by atoms with Crippen molar-refractivity contribution in [2.75, 3.05) is 44.9 Å². The first-order chi connectivity index (χ1) is 17.9. The highest BCUT2D eigenvalue weighted by Crippen LogP contribution is 2.30. The number of aryl methyl sites for hydroxylation is 1. The van der Waals surface area contributed by atoms with E-state index < -0.39 is 4.92 Å². The van der Waals surface area contributed by atoms with Gasteiger partial charge in [0, 0.05) is 55.2 Å². The zero-order valence-electron chi connectivity index (χ0n) is 21.0. The number of carbonyl (C=O) groups is 1. The normalized spacial score (nSPS) is 15.3. The van der Waals surface area contributed by atoms with Gasteiger partial charge in [0.25, 0.3) is 11.6 Å². The lowest BCUT2D eigenvalue weighted by Gasteiger charge is -2.34. The van der Waals surface area contributed by atoms with Crippen molar-refractivity contribution in [3.05, 3.63) is 86.4 Å². The van der Waals surface area contributed by atoms with Crippen LogP contribution in [0.5, 0.6) is 5.75 Å². The summed E-state index contributed by atoms with van der Waals surface area (Å²) in [6.07, 6.45) is 1.15. The summed E-state index contributed by atoms with van der Waals surface area (Å²) < 4.78 is 10.9. The number of fused-ring (bicyclic) bond motifs is 1. The molecule has 1 fully saturated rings. The Bertz CT molecular complexity index is 1340. The maximum absolute atomic E-state index is 13.4. The summed E-state index contributed by atoms with van der Waals surface area (Å²) in [7, 11) is 1.65. The van der Waals surface area contributed by atoms with E-state index in [1.54, 1.807) is 31.1 Å². The summed E-state index contributed by atoms with van der Waals surface area (Å²) in [5.74, 6) is 2.11. The molecule has 0 bridgehead atoms. The van der Waals surface area contributed by atoms with Crippen molar-refractivity contribution >= 4 is 17.4 Å². The van der Waals surface area contributed by atoms with Gasteiger partial charge in [0.05, 0.1) is 37.5 Å². The number of nitro benzene ring substituents is 1. The number of hydrogen-bond acceptors (Lipinski definition) is 8. The van der Waals surface area contributed by atoms with Crippen LogP contribution in [0.3, 0.4) is 0 Å². The third-order valence-electron chi connectivity index (χ3n) is 6.83. The first-order valence-corrected chi connectivity index (χ1v) is 12.3.